The lowest BCUT2D eigenvalue weighted by Gasteiger charge is -2.52. The molecule has 1 aliphatic carbocycles. The molecule has 2 aliphatic rings. The van der Waals surface area contributed by atoms with E-state index in [9.17, 15) is 5.11 Å². The molecule has 0 amide bonds. The molecule has 0 saturated carbocycles. The summed E-state index contributed by atoms with van der Waals surface area (Å²) in [6.07, 6.45) is 4.41. The van der Waals surface area contributed by atoms with Gasteiger partial charge in [-0.05, 0) is 37.3 Å². The Balaban J connectivity index is 1.93. The predicted molar refractivity (Wildman–Crippen MR) is 79.6 cm³/mol. The molecule has 3 heteroatoms. The van der Waals surface area contributed by atoms with Crippen LogP contribution in [0.2, 0.25) is 0 Å². The molecule has 1 aromatic carbocycles. The van der Waals surface area contributed by atoms with Crippen molar-refractivity contribution in [3.8, 4) is 0 Å². The van der Waals surface area contributed by atoms with Crippen molar-refractivity contribution in [1.29, 1.82) is 0 Å². The lowest BCUT2D eigenvalue weighted by molar-refractivity contribution is -0.166. The molecule has 3 N–H and O–H groups in total. The Hall–Kier alpha value is -0.900. The van der Waals surface area contributed by atoms with E-state index in [1.165, 1.54) is 11.1 Å². The van der Waals surface area contributed by atoms with Gasteiger partial charge in [-0.15, -0.1) is 0 Å². The van der Waals surface area contributed by atoms with Gasteiger partial charge in [0.2, 0.25) is 0 Å². The maximum Gasteiger partial charge on any atom is 0.0765 e. The van der Waals surface area contributed by atoms with E-state index >= 15 is 0 Å². The van der Waals surface area contributed by atoms with Crippen molar-refractivity contribution in [3.05, 3.63) is 35.4 Å². The van der Waals surface area contributed by atoms with Gasteiger partial charge in [-0.2, -0.15) is 0 Å². The largest absolute Gasteiger partial charge is 0.389 e. The minimum Gasteiger partial charge on any atom is -0.389 e. The third-order valence-electron chi connectivity index (χ3n) is 5.44. The summed E-state index contributed by atoms with van der Waals surface area (Å²) in [4.78, 5) is 0. The van der Waals surface area contributed by atoms with Gasteiger partial charge in [0.15, 0.2) is 0 Å². The molecule has 3 rings (SSSR count). The minimum absolute atomic E-state index is 0.120. The van der Waals surface area contributed by atoms with Crippen LogP contribution in [-0.2, 0) is 17.6 Å². The second-order valence-corrected chi connectivity index (χ2v) is 6.60. The van der Waals surface area contributed by atoms with Crippen molar-refractivity contribution in [2.24, 2.45) is 11.1 Å². The normalized spacial score (nSPS) is 37.5. The van der Waals surface area contributed by atoms with Crippen molar-refractivity contribution in [1.82, 2.24) is 0 Å². The molecule has 110 valence electrons. The highest BCUT2D eigenvalue weighted by atomic mass is 16.5. The summed E-state index contributed by atoms with van der Waals surface area (Å²) in [5.74, 6) is 0. The van der Waals surface area contributed by atoms with E-state index in [1.54, 1.807) is 0 Å². The van der Waals surface area contributed by atoms with E-state index in [2.05, 4.69) is 24.3 Å². The molecule has 0 radical (unpaired) electrons. The van der Waals surface area contributed by atoms with Gasteiger partial charge in [0.05, 0.1) is 11.7 Å². The highest BCUT2D eigenvalue weighted by molar-refractivity contribution is 5.32. The molecule has 0 spiro atoms. The third kappa shape index (κ3) is 2.18. The van der Waals surface area contributed by atoms with Crippen molar-refractivity contribution in [2.75, 3.05) is 13.2 Å². The summed E-state index contributed by atoms with van der Waals surface area (Å²) in [5, 5.41) is 11.3. The van der Waals surface area contributed by atoms with Crippen LogP contribution in [0.5, 0.6) is 0 Å². The molecular formula is C17H25NO2. The molecule has 3 atom stereocenters. The van der Waals surface area contributed by atoms with E-state index in [-0.39, 0.29) is 11.5 Å². The molecule has 1 heterocycles. The third-order valence-corrected chi connectivity index (χ3v) is 5.44. The first-order valence-corrected chi connectivity index (χ1v) is 7.69. The van der Waals surface area contributed by atoms with Crippen LogP contribution in [0, 0.1) is 5.41 Å². The Labute approximate surface area is 121 Å². The smallest absolute Gasteiger partial charge is 0.0765 e. The molecule has 3 unspecified atom stereocenters. The number of fused-ring (bicyclic) bond motifs is 1. The van der Waals surface area contributed by atoms with E-state index in [0.717, 1.165) is 19.3 Å². The fourth-order valence-electron chi connectivity index (χ4n) is 4.11. The van der Waals surface area contributed by atoms with Crippen LogP contribution in [0.3, 0.4) is 0 Å². The SMILES string of the molecule is CC1CC(O)(C2(CN)CCc3ccccc3C2)CCO1. The number of aryl methyl sites for hydroxylation is 1. The minimum atomic E-state index is -0.688. The van der Waals surface area contributed by atoms with E-state index < -0.39 is 5.60 Å². The zero-order valence-corrected chi connectivity index (χ0v) is 12.3. The summed E-state index contributed by atoms with van der Waals surface area (Å²) in [6, 6.07) is 8.57. The molecule has 1 saturated heterocycles. The fraction of sp³-hybridized carbons (Fsp3) is 0.647. The lowest BCUT2D eigenvalue weighted by Crippen LogP contribution is -2.59. The second kappa shape index (κ2) is 5.14. The van der Waals surface area contributed by atoms with Crippen LogP contribution in [0.25, 0.3) is 0 Å². The maximum atomic E-state index is 11.3. The average molecular weight is 275 g/mol. The number of benzene rings is 1. The van der Waals surface area contributed by atoms with Gasteiger partial charge < -0.3 is 15.6 Å². The number of aliphatic hydroxyl groups is 1. The van der Waals surface area contributed by atoms with Gasteiger partial charge in [-0.25, -0.2) is 0 Å². The van der Waals surface area contributed by atoms with Crippen molar-refractivity contribution in [3.63, 3.8) is 0 Å². The Morgan fingerprint density at radius 3 is 2.75 bits per heavy atom. The molecule has 3 nitrogen and oxygen atoms in total. The van der Waals surface area contributed by atoms with Crippen molar-refractivity contribution < 1.29 is 9.84 Å². The highest BCUT2D eigenvalue weighted by Crippen LogP contribution is 2.48. The van der Waals surface area contributed by atoms with Gasteiger partial charge in [0, 0.05) is 31.4 Å². The second-order valence-electron chi connectivity index (χ2n) is 6.60. The molecule has 1 fully saturated rings. The monoisotopic (exact) mass is 275 g/mol. The summed E-state index contributed by atoms with van der Waals surface area (Å²) in [6.45, 7) is 3.23. The Morgan fingerprint density at radius 2 is 2.05 bits per heavy atom. The summed E-state index contributed by atoms with van der Waals surface area (Å²) >= 11 is 0. The first-order chi connectivity index (χ1) is 9.59. The lowest BCUT2D eigenvalue weighted by atomic mass is 9.59. The fourth-order valence-corrected chi connectivity index (χ4v) is 4.11. The van der Waals surface area contributed by atoms with E-state index in [4.69, 9.17) is 10.5 Å². The highest BCUT2D eigenvalue weighted by Gasteiger charge is 2.52. The Bertz CT molecular complexity index is 490. The van der Waals surface area contributed by atoms with Gasteiger partial charge in [0.25, 0.3) is 0 Å². The van der Waals surface area contributed by atoms with Crippen LogP contribution >= 0.6 is 0 Å². The average Bonchev–Trinajstić information content (AvgIpc) is 2.46. The first kappa shape index (κ1) is 14.1. The van der Waals surface area contributed by atoms with Crippen LogP contribution in [0.15, 0.2) is 24.3 Å². The molecule has 0 bridgehead atoms. The molecule has 20 heavy (non-hydrogen) atoms. The quantitative estimate of drug-likeness (QED) is 0.868. The van der Waals surface area contributed by atoms with E-state index in [0.29, 0.717) is 26.0 Å². The topological polar surface area (TPSA) is 55.5 Å². The number of hydrogen-bond acceptors (Lipinski definition) is 3. The summed E-state index contributed by atoms with van der Waals surface area (Å²) < 4.78 is 5.62. The molecular weight excluding hydrogens is 250 g/mol. The van der Waals surface area contributed by atoms with Gasteiger partial charge >= 0.3 is 0 Å². The van der Waals surface area contributed by atoms with E-state index in [1.807, 2.05) is 6.92 Å². The van der Waals surface area contributed by atoms with Crippen LogP contribution in [-0.4, -0.2) is 30.0 Å². The van der Waals surface area contributed by atoms with Gasteiger partial charge in [-0.3, -0.25) is 0 Å². The number of rotatable bonds is 2. The Morgan fingerprint density at radius 1 is 1.30 bits per heavy atom. The zero-order valence-electron chi connectivity index (χ0n) is 12.3. The molecule has 1 aromatic rings. The molecule has 1 aliphatic heterocycles. The summed E-state index contributed by atoms with van der Waals surface area (Å²) in [7, 11) is 0. The predicted octanol–water partition coefficient (Wildman–Crippen LogP) is 2.05. The number of nitrogens with two attached hydrogens (primary N) is 1. The van der Waals surface area contributed by atoms with Gasteiger partial charge in [-0.1, -0.05) is 24.3 Å². The first-order valence-electron chi connectivity index (χ1n) is 7.69. The molecule has 0 aromatic heterocycles. The number of hydrogen-bond donors (Lipinski definition) is 2. The standard InChI is InChI=1S/C17H25NO2/c1-13-10-17(19,8-9-20-13)16(12-18)7-6-14-4-2-3-5-15(14)11-16/h2-5,13,19H,6-12,18H2,1H3. The van der Waals surface area contributed by atoms with Crippen molar-refractivity contribution >= 4 is 0 Å². The van der Waals surface area contributed by atoms with Crippen LogP contribution in [0.1, 0.15) is 37.3 Å². The maximum absolute atomic E-state index is 11.3. The van der Waals surface area contributed by atoms with Crippen molar-refractivity contribution in [2.45, 2.75) is 50.7 Å². The van der Waals surface area contributed by atoms with Crippen LogP contribution in [0.4, 0.5) is 0 Å². The van der Waals surface area contributed by atoms with Crippen LogP contribution < -0.4 is 5.73 Å². The summed E-state index contributed by atoms with van der Waals surface area (Å²) in [5.41, 5.74) is 8.05. The van der Waals surface area contributed by atoms with Gasteiger partial charge in [0.1, 0.15) is 0 Å². The number of ether oxygens (including phenoxy) is 1. The Kier molecular flexibility index (Phi) is 3.61. The zero-order chi connectivity index (χ0) is 14.2.